The molecular weight excluding hydrogens is 286 g/mol. The van der Waals surface area contributed by atoms with Gasteiger partial charge in [0.1, 0.15) is 5.75 Å². The molecule has 118 valence electrons. The first-order chi connectivity index (χ1) is 10.2. The van der Waals surface area contributed by atoms with Crippen molar-refractivity contribution in [3.8, 4) is 0 Å². The number of carbonyl (C=O) groups excluding carboxylic acids is 1. The van der Waals surface area contributed by atoms with Gasteiger partial charge in [-0.1, -0.05) is 42.8 Å². The Hall–Kier alpha value is -1.04. The number of hydrogen-bond acceptors (Lipinski definition) is 5. The summed E-state index contributed by atoms with van der Waals surface area (Å²) < 4.78 is 12.8. The van der Waals surface area contributed by atoms with Crippen LogP contribution in [0.25, 0.3) is 0 Å². The fourth-order valence-corrected chi connectivity index (χ4v) is 2.94. The van der Waals surface area contributed by atoms with E-state index in [2.05, 4.69) is 15.6 Å². The highest BCUT2D eigenvalue weighted by molar-refractivity contribution is 7.97. The van der Waals surface area contributed by atoms with E-state index in [4.69, 9.17) is 4.74 Å². The standard InChI is InChI=1S/C16H25NO3S/c1-4-6-14(7-5-2)12-20-15-8-10-17(11-9-15)21-13-16(18)19-3/h4-7,15H,1,8-13H2,2-3H3/b7-5-,14-6+. The van der Waals surface area contributed by atoms with Gasteiger partial charge in [0.25, 0.3) is 0 Å². The SMILES string of the molecule is C=C/C=C(\C=C/C)COC1CCN(SCC(=O)OC)CC1. The van der Waals surface area contributed by atoms with Gasteiger partial charge in [0.15, 0.2) is 0 Å². The fourth-order valence-electron chi connectivity index (χ4n) is 2.06. The predicted molar refractivity (Wildman–Crippen MR) is 88.1 cm³/mol. The summed E-state index contributed by atoms with van der Waals surface area (Å²) in [6.45, 7) is 8.21. The van der Waals surface area contributed by atoms with Crippen LogP contribution in [0.1, 0.15) is 19.8 Å². The minimum atomic E-state index is -0.177. The maximum Gasteiger partial charge on any atom is 0.316 e. The molecule has 1 rings (SSSR count). The third-order valence-electron chi connectivity index (χ3n) is 3.19. The van der Waals surface area contributed by atoms with E-state index < -0.39 is 0 Å². The summed E-state index contributed by atoms with van der Waals surface area (Å²) in [6, 6.07) is 0. The summed E-state index contributed by atoms with van der Waals surface area (Å²) in [5.41, 5.74) is 1.13. The molecule has 1 saturated heterocycles. The predicted octanol–water partition coefficient (Wildman–Crippen LogP) is 2.98. The van der Waals surface area contributed by atoms with Gasteiger partial charge in [0.05, 0.1) is 19.8 Å². The number of carbonyl (C=O) groups is 1. The molecule has 0 amide bonds. The average molecular weight is 311 g/mol. The number of rotatable bonds is 8. The van der Waals surface area contributed by atoms with Crippen molar-refractivity contribution in [3.05, 3.63) is 36.5 Å². The molecule has 0 aliphatic carbocycles. The minimum absolute atomic E-state index is 0.177. The van der Waals surface area contributed by atoms with E-state index in [0.717, 1.165) is 31.5 Å². The minimum Gasteiger partial charge on any atom is -0.468 e. The maximum absolute atomic E-state index is 11.1. The third kappa shape index (κ3) is 7.50. The first-order valence-electron chi connectivity index (χ1n) is 7.20. The number of hydrogen-bond donors (Lipinski definition) is 0. The maximum atomic E-state index is 11.1. The first kappa shape index (κ1) is 18.0. The molecule has 0 aromatic heterocycles. The third-order valence-corrected chi connectivity index (χ3v) is 4.29. The molecule has 4 nitrogen and oxygen atoms in total. The van der Waals surface area contributed by atoms with E-state index in [1.54, 1.807) is 18.0 Å². The molecule has 0 radical (unpaired) electrons. The highest BCUT2D eigenvalue weighted by atomic mass is 32.2. The van der Waals surface area contributed by atoms with Crippen LogP contribution in [0.3, 0.4) is 0 Å². The molecule has 1 aliphatic heterocycles. The van der Waals surface area contributed by atoms with Crippen LogP contribution >= 0.6 is 11.9 Å². The van der Waals surface area contributed by atoms with Crippen molar-refractivity contribution in [3.63, 3.8) is 0 Å². The molecule has 0 aromatic carbocycles. The second kappa shape index (κ2) is 10.7. The first-order valence-corrected chi connectivity index (χ1v) is 8.14. The van der Waals surface area contributed by atoms with Crippen LogP contribution in [-0.2, 0) is 14.3 Å². The van der Waals surface area contributed by atoms with Crippen LogP contribution in [-0.4, -0.2) is 48.9 Å². The Morgan fingerprint density at radius 3 is 2.71 bits per heavy atom. The Bertz CT molecular complexity index is 385. The lowest BCUT2D eigenvalue weighted by Gasteiger charge is -2.30. The van der Waals surface area contributed by atoms with Crippen molar-refractivity contribution in [2.24, 2.45) is 0 Å². The van der Waals surface area contributed by atoms with Crippen LogP contribution in [0.2, 0.25) is 0 Å². The van der Waals surface area contributed by atoms with Crippen molar-refractivity contribution in [2.75, 3.05) is 32.6 Å². The summed E-state index contributed by atoms with van der Waals surface area (Å²) in [7, 11) is 1.42. The smallest absolute Gasteiger partial charge is 0.316 e. The largest absolute Gasteiger partial charge is 0.468 e. The van der Waals surface area contributed by atoms with E-state index in [1.165, 1.54) is 7.11 Å². The van der Waals surface area contributed by atoms with Crippen LogP contribution in [0.15, 0.2) is 36.5 Å². The van der Waals surface area contributed by atoms with Crippen molar-refractivity contribution in [1.29, 1.82) is 0 Å². The van der Waals surface area contributed by atoms with Gasteiger partial charge in [0, 0.05) is 13.1 Å². The van der Waals surface area contributed by atoms with Crippen molar-refractivity contribution >= 4 is 17.9 Å². The molecule has 1 fully saturated rings. The summed E-state index contributed by atoms with van der Waals surface area (Å²) in [4.78, 5) is 11.1. The monoisotopic (exact) mass is 311 g/mol. The van der Waals surface area contributed by atoms with Gasteiger partial charge < -0.3 is 9.47 Å². The number of allylic oxidation sites excluding steroid dienone is 3. The Balaban J connectivity index is 2.25. The van der Waals surface area contributed by atoms with E-state index in [1.807, 2.05) is 25.2 Å². The van der Waals surface area contributed by atoms with Gasteiger partial charge >= 0.3 is 5.97 Å². The molecule has 1 aliphatic rings. The number of piperidine rings is 1. The summed E-state index contributed by atoms with van der Waals surface area (Å²) in [5, 5.41) is 0. The molecule has 5 heteroatoms. The van der Waals surface area contributed by atoms with Crippen molar-refractivity contribution < 1.29 is 14.3 Å². The molecule has 0 saturated carbocycles. The lowest BCUT2D eigenvalue weighted by atomic mass is 10.1. The number of ether oxygens (including phenoxy) is 2. The lowest BCUT2D eigenvalue weighted by molar-refractivity contribution is -0.137. The van der Waals surface area contributed by atoms with Crippen molar-refractivity contribution in [2.45, 2.75) is 25.9 Å². The number of esters is 1. The van der Waals surface area contributed by atoms with Crippen molar-refractivity contribution in [1.82, 2.24) is 4.31 Å². The topological polar surface area (TPSA) is 38.8 Å². The number of nitrogens with zero attached hydrogens (tertiary/aromatic N) is 1. The molecular formula is C16H25NO3S. The molecule has 0 N–H and O–H groups in total. The quantitative estimate of drug-likeness (QED) is 0.391. The molecule has 0 unspecified atom stereocenters. The van der Waals surface area contributed by atoms with E-state index in [9.17, 15) is 4.79 Å². The Labute approximate surface area is 132 Å². The molecule has 21 heavy (non-hydrogen) atoms. The van der Waals surface area contributed by atoms with E-state index in [0.29, 0.717) is 18.5 Å². The van der Waals surface area contributed by atoms with Gasteiger partial charge in [-0.05, 0) is 25.3 Å². The van der Waals surface area contributed by atoms with Crippen LogP contribution in [0, 0.1) is 0 Å². The highest BCUT2D eigenvalue weighted by Crippen LogP contribution is 2.21. The highest BCUT2D eigenvalue weighted by Gasteiger charge is 2.20. The van der Waals surface area contributed by atoms with Crippen LogP contribution in [0.5, 0.6) is 0 Å². The molecule has 0 spiro atoms. The zero-order chi connectivity index (χ0) is 15.5. The Morgan fingerprint density at radius 1 is 1.43 bits per heavy atom. The van der Waals surface area contributed by atoms with Gasteiger partial charge in [-0.25, -0.2) is 4.31 Å². The molecule has 0 aromatic rings. The summed E-state index contributed by atoms with van der Waals surface area (Å²) in [5.74, 6) is 0.208. The summed E-state index contributed by atoms with van der Waals surface area (Å²) >= 11 is 1.54. The van der Waals surface area contributed by atoms with Crippen LogP contribution < -0.4 is 0 Å². The molecule has 1 heterocycles. The fraction of sp³-hybridized carbons (Fsp3) is 0.562. The Morgan fingerprint density at radius 2 is 2.14 bits per heavy atom. The molecule has 0 bridgehead atoms. The van der Waals surface area contributed by atoms with E-state index in [-0.39, 0.29) is 5.97 Å². The zero-order valence-corrected chi connectivity index (χ0v) is 13.7. The van der Waals surface area contributed by atoms with Gasteiger partial charge in [-0.15, -0.1) is 0 Å². The van der Waals surface area contributed by atoms with Crippen LogP contribution in [0.4, 0.5) is 0 Å². The van der Waals surface area contributed by atoms with E-state index >= 15 is 0 Å². The Kier molecular flexibility index (Phi) is 9.14. The second-order valence-electron chi connectivity index (χ2n) is 4.77. The normalized spacial score (nSPS) is 18.1. The number of methoxy groups -OCH3 is 1. The van der Waals surface area contributed by atoms with Gasteiger partial charge in [-0.2, -0.15) is 0 Å². The molecule has 0 atom stereocenters. The van der Waals surface area contributed by atoms with Gasteiger partial charge in [-0.3, -0.25) is 4.79 Å². The lowest BCUT2D eigenvalue weighted by Crippen LogP contribution is -2.33. The average Bonchev–Trinajstić information content (AvgIpc) is 2.51. The summed E-state index contributed by atoms with van der Waals surface area (Å²) in [6.07, 6.45) is 10.1. The second-order valence-corrected chi connectivity index (χ2v) is 5.83. The zero-order valence-electron chi connectivity index (χ0n) is 12.9. The van der Waals surface area contributed by atoms with Gasteiger partial charge in [0.2, 0.25) is 0 Å².